The first-order chi connectivity index (χ1) is 10.4. The van der Waals surface area contributed by atoms with Crippen LogP contribution in [-0.2, 0) is 9.59 Å². The first-order valence-corrected chi connectivity index (χ1v) is 7.25. The number of carbonyl (C=O) groups is 4. The molecule has 6 nitrogen and oxygen atoms in total. The molecule has 1 aromatic carbocycles. The molecule has 1 heterocycles. The van der Waals surface area contributed by atoms with Gasteiger partial charge in [0.15, 0.2) is 0 Å². The maximum absolute atomic E-state index is 12.6. The van der Waals surface area contributed by atoms with Crippen LogP contribution in [0.2, 0.25) is 5.02 Å². The van der Waals surface area contributed by atoms with E-state index >= 15 is 0 Å². The Labute approximate surface area is 132 Å². The van der Waals surface area contributed by atoms with Crippen molar-refractivity contribution >= 4 is 35.4 Å². The molecule has 0 spiro atoms. The average Bonchev–Trinajstić information content (AvgIpc) is 2.49. The molecule has 5 amide bonds. The molecule has 0 aromatic heterocycles. The van der Waals surface area contributed by atoms with Crippen molar-refractivity contribution in [2.24, 2.45) is 5.41 Å². The Balaban J connectivity index is 2.42. The van der Waals surface area contributed by atoms with Crippen molar-refractivity contribution in [2.45, 2.75) is 26.7 Å². The highest BCUT2D eigenvalue weighted by atomic mass is 35.5. The van der Waals surface area contributed by atoms with Gasteiger partial charge in [0.25, 0.3) is 11.8 Å². The van der Waals surface area contributed by atoms with Gasteiger partial charge in [0.1, 0.15) is 5.41 Å². The van der Waals surface area contributed by atoms with E-state index in [1.165, 1.54) is 24.3 Å². The third-order valence-corrected chi connectivity index (χ3v) is 4.22. The topological polar surface area (TPSA) is 83.6 Å². The number of carbonyl (C=O) groups excluding carboxylic acids is 4. The number of benzene rings is 1. The van der Waals surface area contributed by atoms with Crippen LogP contribution >= 0.6 is 11.6 Å². The second kappa shape index (κ2) is 5.88. The summed E-state index contributed by atoms with van der Waals surface area (Å²) in [4.78, 5) is 49.5. The number of imide groups is 4. The lowest BCUT2D eigenvalue weighted by molar-refractivity contribution is -0.150. The normalized spacial score (nSPS) is 17.4. The van der Waals surface area contributed by atoms with Gasteiger partial charge in [0.2, 0.25) is 5.91 Å². The molecule has 0 unspecified atom stereocenters. The minimum Gasteiger partial charge on any atom is -0.276 e. The number of halogens is 1. The average molecular weight is 323 g/mol. The minimum atomic E-state index is -1.39. The fourth-order valence-electron chi connectivity index (χ4n) is 2.46. The Morgan fingerprint density at radius 1 is 1.14 bits per heavy atom. The molecule has 2 rings (SSSR count). The van der Waals surface area contributed by atoms with Crippen LogP contribution in [0, 0.1) is 5.41 Å². The van der Waals surface area contributed by atoms with Crippen molar-refractivity contribution in [3.05, 3.63) is 34.9 Å². The van der Waals surface area contributed by atoms with Crippen LogP contribution in [0.15, 0.2) is 24.3 Å². The molecular weight excluding hydrogens is 308 g/mol. The lowest BCUT2D eigenvalue weighted by Gasteiger charge is -2.37. The molecule has 1 fully saturated rings. The van der Waals surface area contributed by atoms with Crippen LogP contribution in [0.25, 0.3) is 0 Å². The fourth-order valence-corrected chi connectivity index (χ4v) is 2.58. The first kappa shape index (κ1) is 16.2. The van der Waals surface area contributed by atoms with E-state index in [2.05, 4.69) is 5.32 Å². The van der Waals surface area contributed by atoms with Crippen molar-refractivity contribution < 1.29 is 19.2 Å². The lowest BCUT2D eigenvalue weighted by Crippen LogP contribution is -2.64. The Hall–Kier alpha value is -2.21. The molecule has 0 saturated carbocycles. The molecule has 7 heteroatoms. The van der Waals surface area contributed by atoms with Gasteiger partial charge in [-0.1, -0.05) is 25.4 Å². The van der Waals surface area contributed by atoms with Crippen molar-refractivity contribution in [1.29, 1.82) is 0 Å². The summed E-state index contributed by atoms with van der Waals surface area (Å²) in [5.74, 6) is -2.23. The van der Waals surface area contributed by atoms with Gasteiger partial charge < -0.3 is 0 Å². The molecule has 1 aromatic rings. The summed E-state index contributed by atoms with van der Waals surface area (Å²) in [6, 6.07) is 4.79. The Morgan fingerprint density at radius 3 is 2.18 bits per heavy atom. The lowest BCUT2D eigenvalue weighted by atomic mass is 9.78. The van der Waals surface area contributed by atoms with Crippen LogP contribution < -0.4 is 5.32 Å². The fraction of sp³-hybridized carbons (Fsp3) is 0.333. The third kappa shape index (κ3) is 2.39. The van der Waals surface area contributed by atoms with Crippen LogP contribution in [0.3, 0.4) is 0 Å². The van der Waals surface area contributed by atoms with Gasteiger partial charge in [-0.15, -0.1) is 0 Å². The Bertz CT molecular complexity index is 650. The van der Waals surface area contributed by atoms with E-state index in [0.29, 0.717) is 9.92 Å². The summed E-state index contributed by atoms with van der Waals surface area (Å²) in [5.41, 5.74) is -1.25. The van der Waals surface area contributed by atoms with Gasteiger partial charge in [-0.2, -0.15) is 4.90 Å². The van der Waals surface area contributed by atoms with E-state index < -0.39 is 29.2 Å². The van der Waals surface area contributed by atoms with Gasteiger partial charge in [-0.3, -0.25) is 19.7 Å². The van der Waals surface area contributed by atoms with Crippen molar-refractivity contribution in [3.63, 3.8) is 0 Å². The number of nitrogens with zero attached hydrogens (tertiary/aromatic N) is 1. The number of hydrogen-bond donors (Lipinski definition) is 1. The smallest absolute Gasteiger partial charge is 0.276 e. The number of nitrogens with one attached hydrogen (secondary N) is 1. The predicted octanol–water partition coefficient (Wildman–Crippen LogP) is 2.37. The van der Waals surface area contributed by atoms with Gasteiger partial charge in [-0.05, 0) is 37.1 Å². The van der Waals surface area contributed by atoms with E-state index in [1.807, 2.05) is 0 Å². The number of amides is 5. The highest BCUT2D eigenvalue weighted by Gasteiger charge is 2.53. The van der Waals surface area contributed by atoms with Crippen molar-refractivity contribution in [1.82, 2.24) is 10.2 Å². The molecule has 1 aliphatic heterocycles. The zero-order valence-corrected chi connectivity index (χ0v) is 12.9. The predicted molar refractivity (Wildman–Crippen MR) is 79.2 cm³/mol. The number of rotatable bonds is 3. The minimum absolute atomic E-state index is 0.142. The van der Waals surface area contributed by atoms with Crippen LogP contribution in [0.1, 0.15) is 37.0 Å². The largest absolute Gasteiger partial charge is 0.338 e. The molecule has 0 bridgehead atoms. The number of urea groups is 1. The van der Waals surface area contributed by atoms with Crippen molar-refractivity contribution in [3.8, 4) is 0 Å². The van der Waals surface area contributed by atoms with E-state index in [1.54, 1.807) is 13.8 Å². The molecule has 1 aliphatic rings. The van der Waals surface area contributed by atoms with E-state index in [9.17, 15) is 19.2 Å². The second-order valence-electron chi connectivity index (χ2n) is 5.00. The maximum Gasteiger partial charge on any atom is 0.338 e. The van der Waals surface area contributed by atoms with Crippen LogP contribution in [0.5, 0.6) is 0 Å². The number of hydrogen-bond acceptors (Lipinski definition) is 4. The first-order valence-electron chi connectivity index (χ1n) is 6.87. The summed E-state index contributed by atoms with van der Waals surface area (Å²) in [6.45, 7) is 3.34. The molecule has 1 N–H and O–H groups in total. The summed E-state index contributed by atoms with van der Waals surface area (Å²) < 4.78 is 0. The van der Waals surface area contributed by atoms with Gasteiger partial charge in [0.05, 0.1) is 0 Å². The van der Waals surface area contributed by atoms with Gasteiger partial charge in [-0.25, -0.2) is 4.79 Å². The van der Waals surface area contributed by atoms with Crippen LogP contribution in [-0.4, -0.2) is 28.7 Å². The summed E-state index contributed by atoms with van der Waals surface area (Å²) in [6.07, 6.45) is 0.400. The van der Waals surface area contributed by atoms with E-state index in [0.717, 1.165) is 0 Å². The monoisotopic (exact) mass is 322 g/mol. The molecule has 0 aliphatic carbocycles. The quantitative estimate of drug-likeness (QED) is 0.684. The SMILES string of the molecule is CCC1(CC)C(=O)NC(=O)N(C(=O)c2ccc(Cl)cc2)C1=O. The summed E-state index contributed by atoms with van der Waals surface area (Å²) >= 11 is 5.75. The van der Waals surface area contributed by atoms with Crippen LogP contribution in [0.4, 0.5) is 4.79 Å². The highest BCUT2D eigenvalue weighted by Crippen LogP contribution is 2.33. The van der Waals surface area contributed by atoms with Gasteiger partial charge >= 0.3 is 6.03 Å². The summed E-state index contributed by atoms with van der Waals surface area (Å²) in [7, 11) is 0. The van der Waals surface area contributed by atoms with Crippen molar-refractivity contribution in [2.75, 3.05) is 0 Å². The van der Waals surface area contributed by atoms with Gasteiger partial charge in [0, 0.05) is 10.6 Å². The second-order valence-corrected chi connectivity index (χ2v) is 5.44. The zero-order valence-electron chi connectivity index (χ0n) is 12.2. The maximum atomic E-state index is 12.6. The third-order valence-electron chi connectivity index (χ3n) is 3.97. The zero-order chi connectivity index (χ0) is 16.5. The summed E-state index contributed by atoms with van der Waals surface area (Å²) in [5, 5.41) is 2.52. The molecular formula is C15H15ClN2O4. The molecule has 1 saturated heterocycles. The van der Waals surface area contributed by atoms with E-state index in [4.69, 9.17) is 11.6 Å². The highest BCUT2D eigenvalue weighted by molar-refractivity contribution is 6.31. The molecule has 0 atom stereocenters. The standard InChI is InChI=1S/C15H15ClN2O4/c1-3-15(4-2)12(20)17-14(22)18(13(15)21)11(19)9-5-7-10(16)8-6-9/h5-8H,3-4H2,1-2H3,(H,17,20,22). The van der Waals surface area contributed by atoms with E-state index in [-0.39, 0.29) is 18.4 Å². The molecule has 22 heavy (non-hydrogen) atoms. The molecule has 0 radical (unpaired) electrons. The molecule has 116 valence electrons. The Kier molecular flexibility index (Phi) is 4.32. The Morgan fingerprint density at radius 2 is 1.68 bits per heavy atom. The number of barbiturate groups is 1.